The van der Waals surface area contributed by atoms with Crippen LogP contribution in [0, 0.1) is 5.92 Å². The van der Waals surface area contributed by atoms with Crippen molar-refractivity contribution in [2.75, 3.05) is 20.3 Å². The van der Waals surface area contributed by atoms with Gasteiger partial charge in [-0.05, 0) is 30.3 Å². The number of aromatic carboxylic acids is 1. The molecule has 1 amide bonds. The van der Waals surface area contributed by atoms with Crippen LogP contribution in [0.3, 0.4) is 0 Å². The number of amides is 1. The molecule has 0 saturated carbocycles. The molecule has 2 heterocycles. The van der Waals surface area contributed by atoms with Crippen molar-refractivity contribution < 1.29 is 19.4 Å². The molecule has 2 aliphatic rings. The molecule has 0 aromatic heterocycles. The summed E-state index contributed by atoms with van der Waals surface area (Å²) in [5, 5.41) is 12.1. The Balaban J connectivity index is 1.75. The van der Waals surface area contributed by atoms with Crippen molar-refractivity contribution in [3.05, 3.63) is 34.9 Å². The topological polar surface area (TPSA) is 78.9 Å². The van der Waals surface area contributed by atoms with E-state index >= 15 is 0 Å². The highest BCUT2D eigenvalue weighted by atomic mass is 16.5. The number of fused-ring (bicyclic) bond motifs is 1. The molecular weight excluding hydrogens is 272 g/mol. The Bertz CT molecular complexity index is 587. The van der Waals surface area contributed by atoms with Crippen molar-refractivity contribution in [2.24, 2.45) is 5.92 Å². The molecule has 6 heteroatoms. The number of carboxylic acids is 1. The Morgan fingerprint density at radius 3 is 2.76 bits per heavy atom. The van der Waals surface area contributed by atoms with Crippen LogP contribution in [0.4, 0.5) is 0 Å². The van der Waals surface area contributed by atoms with Crippen molar-refractivity contribution in [3.63, 3.8) is 0 Å². The highest BCUT2D eigenvalue weighted by molar-refractivity contribution is 5.88. The van der Waals surface area contributed by atoms with Crippen molar-refractivity contribution in [3.8, 4) is 0 Å². The summed E-state index contributed by atoms with van der Waals surface area (Å²) < 4.78 is 5.38. The molecule has 112 valence electrons. The molecule has 1 fully saturated rings. The van der Waals surface area contributed by atoms with Gasteiger partial charge in [0.25, 0.3) is 0 Å². The second-order valence-corrected chi connectivity index (χ2v) is 5.52. The van der Waals surface area contributed by atoms with E-state index in [1.54, 1.807) is 23.1 Å². The lowest BCUT2D eigenvalue weighted by Gasteiger charge is -2.22. The number of nitrogens with one attached hydrogen (secondary N) is 1. The molecule has 2 atom stereocenters. The van der Waals surface area contributed by atoms with E-state index in [1.165, 1.54) is 0 Å². The maximum Gasteiger partial charge on any atom is 0.335 e. The number of benzene rings is 1. The summed E-state index contributed by atoms with van der Waals surface area (Å²) in [6.07, 6.45) is 0. The summed E-state index contributed by atoms with van der Waals surface area (Å²) in [5.41, 5.74) is 2.21. The summed E-state index contributed by atoms with van der Waals surface area (Å²) in [6.45, 7) is 2.01. The molecule has 1 aromatic rings. The molecule has 6 nitrogen and oxygen atoms in total. The van der Waals surface area contributed by atoms with Crippen molar-refractivity contribution in [1.29, 1.82) is 0 Å². The van der Waals surface area contributed by atoms with E-state index < -0.39 is 5.97 Å². The second kappa shape index (κ2) is 5.46. The Morgan fingerprint density at radius 1 is 1.29 bits per heavy atom. The van der Waals surface area contributed by atoms with Gasteiger partial charge in [-0.1, -0.05) is 6.07 Å². The molecule has 1 aromatic carbocycles. The Hall–Kier alpha value is -1.92. The molecular formula is C15H18N2O4. The number of hydrogen-bond donors (Lipinski definition) is 2. The lowest BCUT2D eigenvalue weighted by Crippen LogP contribution is -2.42. The molecule has 0 aliphatic carbocycles. The van der Waals surface area contributed by atoms with Crippen LogP contribution in [0.5, 0.6) is 0 Å². The van der Waals surface area contributed by atoms with Crippen LogP contribution in [0.25, 0.3) is 0 Å². The van der Waals surface area contributed by atoms with Gasteiger partial charge < -0.3 is 20.1 Å². The Labute approximate surface area is 122 Å². The predicted octanol–water partition coefficient (Wildman–Crippen LogP) is 0.461. The van der Waals surface area contributed by atoms with E-state index in [1.807, 2.05) is 7.05 Å². The van der Waals surface area contributed by atoms with E-state index in [2.05, 4.69) is 5.32 Å². The van der Waals surface area contributed by atoms with Crippen LogP contribution < -0.4 is 5.32 Å². The molecule has 2 N–H and O–H groups in total. The van der Waals surface area contributed by atoms with Gasteiger partial charge in [-0.15, -0.1) is 0 Å². The van der Waals surface area contributed by atoms with E-state index in [0.717, 1.165) is 11.1 Å². The number of carbonyl (C=O) groups is 2. The molecule has 2 aliphatic heterocycles. The number of hydrogen-bond acceptors (Lipinski definition) is 4. The third-order valence-electron chi connectivity index (χ3n) is 4.26. The molecule has 21 heavy (non-hydrogen) atoms. The van der Waals surface area contributed by atoms with Gasteiger partial charge >= 0.3 is 5.97 Å². The molecule has 0 spiro atoms. The van der Waals surface area contributed by atoms with Crippen LogP contribution in [0.15, 0.2) is 18.2 Å². The lowest BCUT2D eigenvalue weighted by atomic mass is 10.0. The normalized spacial score (nSPS) is 24.1. The predicted molar refractivity (Wildman–Crippen MR) is 74.8 cm³/mol. The third-order valence-corrected chi connectivity index (χ3v) is 4.26. The zero-order valence-electron chi connectivity index (χ0n) is 11.8. The van der Waals surface area contributed by atoms with Crippen molar-refractivity contribution in [1.82, 2.24) is 10.2 Å². The van der Waals surface area contributed by atoms with Gasteiger partial charge in [0.1, 0.15) is 0 Å². The zero-order valence-corrected chi connectivity index (χ0v) is 11.8. The first-order valence-electron chi connectivity index (χ1n) is 6.99. The monoisotopic (exact) mass is 290 g/mol. The van der Waals surface area contributed by atoms with E-state index in [0.29, 0.717) is 26.3 Å². The van der Waals surface area contributed by atoms with Crippen LogP contribution in [0.2, 0.25) is 0 Å². The lowest BCUT2D eigenvalue weighted by molar-refractivity contribution is -0.136. The summed E-state index contributed by atoms with van der Waals surface area (Å²) in [7, 11) is 1.83. The number of carbonyl (C=O) groups excluding carboxylic acids is 1. The summed E-state index contributed by atoms with van der Waals surface area (Å²) in [4.78, 5) is 25.4. The zero-order chi connectivity index (χ0) is 15.0. The van der Waals surface area contributed by atoms with Gasteiger partial charge in [0, 0.05) is 19.1 Å². The van der Waals surface area contributed by atoms with Gasteiger partial charge in [-0.2, -0.15) is 0 Å². The fourth-order valence-corrected chi connectivity index (χ4v) is 3.00. The minimum atomic E-state index is -0.943. The number of nitrogens with zero attached hydrogens (tertiary/aromatic N) is 1. The maximum absolute atomic E-state index is 12.6. The summed E-state index contributed by atoms with van der Waals surface area (Å²) >= 11 is 0. The summed E-state index contributed by atoms with van der Waals surface area (Å²) in [5.74, 6) is -1.04. The minimum Gasteiger partial charge on any atom is -0.478 e. The number of rotatable bonds is 3. The fourth-order valence-electron chi connectivity index (χ4n) is 3.00. The van der Waals surface area contributed by atoms with E-state index in [9.17, 15) is 9.59 Å². The Kier molecular flexibility index (Phi) is 3.65. The SMILES string of the molecule is CNC1COCC1C(=O)N1Cc2ccc(C(=O)O)cc2C1. The van der Waals surface area contributed by atoms with Gasteiger partial charge in [-0.25, -0.2) is 4.79 Å². The Morgan fingerprint density at radius 2 is 2.05 bits per heavy atom. The largest absolute Gasteiger partial charge is 0.478 e. The number of carboxylic acid groups (broad SMARTS) is 1. The standard InChI is InChI=1S/C15H18N2O4/c1-16-13-8-21-7-12(13)14(18)17-5-10-3-2-9(15(19)20)4-11(10)6-17/h2-4,12-13,16H,5-8H2,1H3,(H,19,20). The average Bonchev–Trinajstić information content (AvgIpc) is 3.11. The highest BCUT2D eigenvalue weighted by Gasteiger charge is 2.37. The highest BCUT2D eigenvalue weighted by Crippen LogP contribution is 2.27. The first-order valence-corrected chi connectivity index (χ1v) is 6.99. The van der Waals surface area contributed by atoms with Crippen molar-refractivity contribution >= 4 is 11.9 Å². The third kappa shape index (κ3) is 2.52. The molecule has 3 rings (SSSR count). The fraction of sp³-hybridized carbons (Fsp3) is 0.467. The maximum atomic E-state index is 12.6. The summed E-state index contributed by atoms with van der Waals surface area (Å²) in [6, 6.07) is 5.10. The number of ether oxygens (including phenoxy) is 1. The van der Waals surface area contributed by atoms with Crippen LogP contribution >= 0.6 is 0 Å². The van der Waals surface area contributed by atoms with E-state index in [-0.39, 0.29) is 23.4 Å². The smallest absolute Gasteiger partial charge is 0.335 e. The van der Waals surface area contributed by atoms with Crippen LogP contribution in [0.1, 0.15) is 21.5 Å². The van der Waals surface area contributed by atoms with Gasteiger partial charge in [0.2, 0.25) is 5.91 Å². The molecule has 1 saturated heterocycles. The minimum absolute atomic E-state index is 0.0517. The quantitative estimate of drug-likeness (QED) is 0.845. The molecule has 0 radical (unpaired) electrons. The van der Waals surface area contributed by atoms with Crippen LogP contribution in [-0.4, -0.2) is 48.2 Å². The van der Waals surface area contributed by atoms with Crippen molar-refractivity contribution in [2.45, 2.75) is 19.1 Å². The van der Waals surface area contributed by atoms with Gasteiger partial charge in [0.05, 0.1) is 24.7 Å². The van der Waals surface area contributed by atoms with Crippen LogP contribution in [-0.2, 0) is 22.6 Å². The second-order valence-electron chi connectivity index (χ2n) is 5.52. The molecule has 2 unspecified atom stereocenters. The first-order chi connectivity index (χ1) is 10.1. The first kappa shape index (κ1) is 14.0. The number of likely N-dealkylation sites (N-methyl/N-ethyl adjacent to an activating group) is 1. The van der Waals surface area contributed by atoms with Gasteiger partial charge in [0.15, 0.2) is 0 Å². The average molecular weight is 290 g/mol. The van der Waals surface area contributed by atoms with E-state index in [4.69, 9.17) is 9.84 Å². The molecule has 0 bridgehead atoms. The van der Waals surface area contributed by atoms with Gasteiger partial charge in [-0.3, -0.25) is 4.79 Å².